The number of carbonyl (C=O) groups excluding carboxylic acids is 4. The summed E-state index contributed by atoms with van der Waals surface area (Å²) in [6.45, 7) is 2.50. The summed E-state index contributed by atoms with van der Waals surface area (Å²) in [7, 11) is 0. The number of rotatable bonds is 12. The number of aromatic nitrogens is 2. The standard InChI is InChI=1S/C17H27N7O7/c1-7(17(30)31)22-14(27)10(3-9-5-20-6-21-9)23-15(28)11(4-12(18)26)24-16(29)13(19)8(2)25/h5-8,10-11,13,25H,3-4,19H2,1-2H3,(H2,18,26)(H,20,21)(H,22,27)(H,23,28)(H,24,29)(H,30,31). The van der Waals surface area contributed by atoms with Gasteiger partial charge in [-0.1, -0.05) is 0 Å². The van der Waals surface area contributed by atoms with Gasteiger partial charge in [-0.2, -0.15) is 0 Å². The number of carbonyl (C=O) groups is 5. The Morgan fingerprint density at radius 1 is 1.06 bits per heavy atom. The van der Waals surface area contributed by atoms with E-state index in [0.29, 0.717) is 5.69 Å². The molecule has 0 radical (unpaired) electrons. The van der Waals surface area contributed by atoms with Gasteiger partial charge in [0.25, 0.3) is 0 Å². The van der Waals surface area contributed by atoms with Crippen LogP contribution in [-0.4, -0.2) is 80.1 Å². The first-order chi connectivity index (χ1) is 14.4. The average Bonchev–Trinajstić information content (AvgIpc) is 3.18. The van der Waals surface area contributed by atoms with E-state index in [1.165, 1.54) is 26.4 Å². The van der Waals surface area contributed by atoms with E-state index in [1.807, 2.05) is 0 Å². The first-order valence-electron chi connectivity index (χ1n) is 9.25. The predicted octanol–water partition coefficient (Wildman–Crippen LogP) is -3.91. The summed E-state index contributed by atoms with van der Waals surface area (Å²) in [6, 6.07) is -5.36. The van der Waals surface area contributed by atoms with Gasteiger partial charge in [-0.25, -0.2) is 4.98 Å². The summed E-state index contributed by atoms with van der Waals surface area (Å²) in [6.07, 6.45) is 0.827. The molecule has 0 aliphatic carbocycles. The zero-order valence-electron chi connectivity index (χ0n) is 17.0. The lowest BCUT2D eigenvalue weighted by molar-refractivity contribution is -0.142. The summed E-state index contributed by atoms with van der Waals surface area (Å²) >= 11 is 0. The zero-order valence-corrected chi connectivity index (χ0v) is 17.0. The third-order valence-electron chi connectivity index (χ3n) is 4.20. The lowest BCUT2D eigenvalue weighted by Crippen LogP contribution is -2.59. The Morgan fingerprint density at radius 2 is 1.65 bits per heavy atom. The van der Waals surface area contributed by atoms with Crippen molar-refractivity contribution >= 4 is 29.6 Å². The highest BCUT2D eigenvalue weighted by Crippen LogP contribution is 2.03. The van der Waals surface area contributed by atoms with Gasteiger partial charge in [-0.3, -0.25) is 24.0 Å². The van der Waals surface area contributed by atoms with Crippen LogP contribution in [0.4, 0.5) is 0 Å². The molecule has 172 valence electrons. The van der Waals surface area contributed by atoms with Crippen molar-refractivity contribution in [2.24, 2.45) is 11.5 Å². The molecule has 1 rings (SSSR count). The number of aliphatic hydroxyl groups excluding tert-OH is 1. The van der Waals surface area contributed by atoms with Crippen LogP contribution in [0.5, 0.6) is 0 Å². The van der Waals surface area contributed by atoms with Crippen molar-refractivity contribution in [3.05, 3.63) is 18.2 Å². The topological polar surface area (TPSA) is 243 Å². The van der Waals surface area contributed by atoms with E-state index >= 15 is 0 Å². The van der Waals surface area contributed by atoms with Crippen molar-refractivity contribution in [3.8, 4) is 0 Å². The number of nitrogens with zero attached hydrogens (tertiary/aromatic N) is 1. The third-order valence-corrected chi connectivity index (χ3v) is 4.20. The highest BCUT2D eigenvalue weighted by atomic mass is 16.4. The number of aliphatic hydroxyl groups is 1. The molecule has 5 atom stereocenters. The van der Waals surface area contributed by atoms with E-state index in [-0.39, 0.29) is 6.42 Å². The first-order valence-corrected chi connectivity index (χ1v) is 9.25. The van der Waals surface area contributed by atoms with Gasteiger partial charge in [0.15, 0.2) is 0 Å². The molecule has 1 aromatic heterocycles. The van der Waals surface area contributed by atoms with Gasteiger partial charge in [-0.15, -0.1) is 0 Å². The second-order valence-electron chi connectivity index (χ2n) is 6.91. The molecule has 31 heavy (non-hydrogen) atoms. The van der Waals surface area contributed by atoms with E-state index in [9.17, 15) is 29.1 Å². The van der Waals surface area contributed by atoms with E-state index in [2.05, 4.69) is 25.9 Å². The molecule has 1 aromatic rings. The molecule has 0 saturated carbocycles. The van der Waals surface area contributed by atoms with Gasteiger partial charge < -0.3 is 42.6 Å². The minimum atomic E-state index is -1.48. The second kappa shape index (κ2) is 11.6. The van der Waals surface area contributed by atoms with Crippen LogP contribution in [-0.2, 0) is 30.4 Å². The molecule has 10 N–H and O–H groups in total. The summed E-state index contributed by atoms with van der Waals surface area (Å²) in [5.41, 5.74) is 11.1. The molecular weight excluding hydrogens is 414 g/mol. The number of carboxylic acid groups (broad SMARTS) is 1. The zero-order chi connectivity index (χ0) is 23.7. The van der Waals surface area contributed by atoms with Crippen LogP contribution in [0, 0.1) is 0 Å². The van der Waals surface area contributed by atoms with Gasteiger partial charge in [0.1, 0.15) is 24.2 Å². The summed E-state index contributed by atoms with van der Waals surface area (Å²) in [5.74, 6) is -4.87. The lowest BCUT2D eigenvalue weighted by atomic mass is 10.1. The normalized spacial score (nSPS) is 15.6. The summed E-state index contributed by atoms with van der Waals surface area (Å²) in [4.78, 5) is 66.2. The Hall–Kier alpha value is -3.52. The minimum absolute atomic E-state index is 0.0890. The molecule has 0 spiro atoms. The Balaban J connectivity index is 3.01. The molecule has 4 amide bonds. The van der Waals surface area contributed by atoms with Crippen molar-refractivity contribution in [2.45, 2.75) is 57.0 Å². The number of nitrogens with two attached hydrogens (primary N) is 2. The number of hydrogen-bond donors (Lipinski definition) is 8. The van der Waals surface area contributed by atoms with Crippen LogP contribution >= 0.6 is 0 Å². The van der Waals surface area contributed by atoms with Gasteiger partial charge in [0.05, 0.1) is 18.9 Å². The third kappa shape index (κ3) is 8.39. The maximum Gasteiger partial charge on any atom is 0.325 e. The number of aromatic amines is 1. The highest BCUT2D eigenvalue weighted by molar-refractivity contribution is 5.96. The molecule has 0 saturated heterocycles. The van der Waals surface area contributed by atoms with Gasteiger partial charge in [-0.05, 0) is 13.8 Å². The molecule has 0 aromatic carbocycles. The minimum Gasteiger partial charge on any atom is -0.480 e. The van der Waals surface area contributed by atoms with Gasteiger partial charge in [0.2, 0.25) is 23.6 Å². The molecule has 1 heterocycles. The van der Waals surface area contributed by atoms with Gasteiger partial charge >= 0.3 is 5.97 Å². The quantitative estimate of drug-likeness (QED) is 0.158. The molecule has 0 bridgehead atoms. The Bertz CT molecular complexity index is 797. The van der Waals surface area contributed by atoms with Gasteiger partial charge in [0, 0.05) is 18.3 Å². The van der Waals surface area contributed by atoms with Crippen LogP contribution in [0.3, 0.4) is 0 Å². The van der Waals surface area contributed by atoms with Crippen molar-refractivity contribution < 1.29 is 34.2 Å². The molecule has 5 unspecified atom stereocenters. The maximum absolute atomic E-state index is 12.7. The highest BCUT2D eigenvalue weighted by Gasteiger charge is 2.31. The number of primary amides is 1. The molecule has 14 heteroatoms. The van der Waals surface area contributed by atoms with Crippen molar-refractivity contribution in [3.63, 3.8) is 0 Å². The number of imidazole rings is 1. The largest absolute Gasteiger partial charge is 0.480 e. The number of amides is 4. The van der Waals surface area contributed by atoms with Crippen molar-refractivity contribution in [2.75, 3.05) is 0 Å². The predicted molar refractivity (Wildman–Crippen MR) is 105 cm³/mol. The summed E-state index contributed by atoms with van der Waals surface area (Å²) < 4.78 is 0. The van der Waals surface area contributed by atoms with E-state index in [0.717, 1.165) is 0 Å². The SMILES string of the molecule is CC(NC(=O)C(Cc1cnc[nH]1)NC(=O)C(CC(N)=O)NC(=O)C(N)C(C)O)C(=O)O. The Morgan fingerprint density at radius 3 is 2.13 bits per heavy atom. The maximum atomic E-state index is 12.7. The van der Waals surface area contributed by atoms with Crippen LogP contribution in [0.15, 0.2) is 12.5 Å². The molecular formula is C17H27N7O7. The fourth-order valence-electron chi connectivity index (χ4n) is 2.37. The smallest absolute Gasteiger partial charge is 0.325 e. The van der Waals surface area contributed by atoms with Crippen molar-refractivity contribution in [1.82, 2.24) is 25.9 Å². The second-order valence-corrected chi connectivity index (χ2v) is 6.91. The fraction of sp³-hybridized carbons (Fsp3) is 0.529. The van der Waals surface area contributed by atoms with Crippen molar-refractivity contribution in [1.29, 1.82) is 0 Å². The number of hydrogen-bond acceptors (Lipinski definition) is 8. The monoisotopic (exact) mass is 441 g/mol. The first kappa shape index (κ1) is 25.5. The lowest BCUT2D eigenvalue weighted by Gasteiger charge is -2.24. The molecule has 0 aliphatic heterocycles. The van der Waals surface area contributed by atoms with Crippen LogP contribution < -0.4 is 27.4 Å². The van der Waals surface area contributed by atoms with E-state index in [1.54, 1.807) is 0 Å². The number of H-pyrrole nitrogens is 1. The number of aliphatic carboxylic acids is 1. The Labute approximate surface area is 177 Å². The number of nitrogens with one attached hydrogen (secondary N) is 4. The van der Waals surface area contributed by atoms with Crippen LogP contribution in [0.1, 0.15) is 26.0 Å². The Kier molecular flexibility index (Phi) is 9.56. The van der Waals surface area contributed by atoms with Crippen LogP contribution in [0.2, 0.25) is 0 Å². The fourth-order valence-corrected chi connectivity index (χ4v) is 2.37. The average molecular weight is 441 g/mol. The summed E-state index contributed by atoms with van der Waals surface area (Å²) in [5, 5.41) is 25.2. The molecule has 0 aliphatic rings. The van der Waals surface area contributed by atoms with E-state index in [4.69, 9.17) is 16.6 Å². The molecule has 0 fully saturated rings. The van der Waals surface area contributed by atoms with E-state index < -0.39 is 66.3 Å². The van der Waals surface area contributed by atoms with Crippen LogP contribution in [0.25, 0.3) is 0 Å². The number of carboxylic acids is 1. The molecule has 14 nitrogen and oxygen atoms in total.